The molecule has 1 saturated heterocycles. The third-order valence-corrected chi connectivity index (χ3v) is 3.19. The molecule has 1 aromatic rings. The zero-order valence-electron chi connectivity index (χ0n) is 9.04. The van der Waals surface area contributed by atoms with Crippen molar-refractivity contribution in [2.75, 3.05) is 17.2 Å². The van der Waals surface area contributed by atoms with E-state index in [0.717, 1.165) is 18.7 Å². The van der Waals surface area contributed by atoms with Gasteiger partial charge in [0, 0.05) is 12.6 Å². The molecule has 1 atom stereocenters. The Hall–Kier alpha value is -1.25. The second kappa shape index (κ2) is 4.09. The summed E-state index contributed by atoms with van der Waals surface area (Å²) < 4.78 is 13.3. The summed E-state index contributed by atoms with van der Waals surface area (Å²) >= 11 is 0. The third-order valence-electron chi connectivity index (χ3n) is 3.19. The molecule has 0 aliphatic carbocycles. The SMILES string of the molecule is CCC1CCCN1c1cccc(F)c1N. The molecule has 0 radical (unpaired) electrons. The first-order valence-corrected chi connectivity index (χ1v) is 5.54. The topological polar surface area (TPSA) is 29.3 Å². The molecule has 1 heterocycles. The first-order chi connectivity index (χ1) is 7.24. The van der Waals surface area contributed by atoms with Gasteiger partial charge in [-0.25, -0.2) is 4.39 Å². The summed E-state index contributed by atoms with van der Waals surface area (Å²) in [6.45, 7) is 3.16. The van der Waals surface area contributed by atoms with E-state index in [2.05, 4.69) is 11.8 Å². The highest BCUT2D eigenvalue weighted by molar-refractivity contribution is 5.68. The Bertz CT molecular complexity index is 351. The van der Waals surface area contributed by atoms with Crippen LogP contribution in [0.4, 0.5) is 15.8 Å². The van der Waals surface area contributed by atoms with Crippen molar-refractivity contribution in [3.05, 3.63) is 24.0 Å². The predicted molar refractivity (Wildman–Crippen MR) is 61.5 cm³/mol. The maximum atomic E-state index is 13.3. The molecule has 0 spiro atoms. The number of halogens is 1. The number of benzene rings is 1. The number of nitrogens with zero attached hydrogens (tertiary/aromatic N) is 1. The van der Waals surface area contributed by atoms with Crippen LogP contribution in [-0.4, -0.2) is 12.6 Å². The predicted octanol–water partition coefficient (Wildman–Crippen LogP) is 2.79. The Labute approximate surface area is 89.9 Å². The van der Waals surface area contributed by atoms with Gasteiger partial charge in [-0.15, -0.1) is 0 Å². The number of rotatable bonds is 2. The molecule has 15 heavy (non-hydrogen) atoms. The first kappa shape index (κ1) is 10.3. The van der Waals surface area contributed by atoms with Gasteiger partial charge in [0.2, 0.25) is 0 Å². The standard InChI is InChI=1S/C12H17FN2/c1-2-9-5-4-8-15(9)11-7-3-6-10(13)12(11)14/h3,6-7,9H,2,4-5,8,14H2,1H3. The summed E-state index contributed by atoms with van der Waals surface area (Å²) in [7, 11) is 0. The summed E-state index contributed by atoms with van der Waals surface area (Å²) in [4.78, 5) is 2.23. The van der Waals surface area contributed by atoms with Gasteiger partial charge in [0.15, 0.2) is 0 Å². The number of nitrogen functional groups attached to an aromatic ring is 1. The van der Waals surface area contributed by atoms with E-state index >= 15 is 0 Å². The van der Waals surface area contributed by atoms with Crippen LogP contribution in [0, 0.1) is 5.82 Å². The van der Waals surface area contributed by atoms with E-state index in [1.165, 1.54) is 18.9 Å². The van der Waals surface area contributed by atoms with Crippen LogP contribution in [0.1, 0.15) is 26.2 Å². The van der Waals surface area contributed by atoms with E-state index in [-0.39, 0.29) is 11.5 Å². The highest BCUT2D eigenvalue weighted by Crippen LogP contribution is 2.32. The molecule has 0 saturated carbocycles. The first-order valence-electron chi connectivity index (χ1n) is 5.54. The molecule has 2 rings (SSSR count). The highest BCUT2D eigenvalue weighted by atomic mass is 19.1. The van der Waals surface area contributed by atoms with Gasteiger partial charge < -0.3 is 10.6 Å². The van der Waals surface area contributed by atoms with E-state index in [9.17, 15) is 4.39 Å². The lowest BCUT2D eigenvalue weighted by atomic mass is 10.1. The van der Waals surface area contributed by atoms with Gasteiger partial charge in [0.25, 0.3) is 0 Å². The van der Waals surface area contributed by atoms with Gasteiger partial charge in [-0.2, -0.15) is 0 Å². The Morgan fingerprint density at radius 1 is 1.53 bits per heavy atom. The molecule has 1 aliphatic heterocycles. The number of anilines is 2. The van der Waals surface area contributed by atoms with Crippen molar-refractivity contribution >= 4 is 11.4 Å². The minimum Gasteiger partial charge on any atom is -0.395 e. The van der Waals surface area contributed by atoms with Gasteiger partial charge in [-0.05, 0) is 31.4 Å². The number of nitrogens with two attached hydrogens (primary N) is 1. The van der Waals surface area contributed by atoms with E-state index < -0.39 is 0 Å². The van der Waals surface area contributed by atoms with Crippen LogP contribution in [0.3, 0.4) is 0 Å². The average molecular weight is 208 g/mol. The molecule has 1 aromatic carbocycles. The molecular weight excluding hydrogens is 191 g/mol. The van der Waals surface area contributed by atoms with Crippen molar-refractivity contribution in [2.24, 2.45) is 0 Å². The lowest BCUT2D eigenvalue weighted by Gasteiger charge is -2.27. The molecule has 3 heteroatoms. The average Bonchev–Trinajstić information content (AvgIpc) is 2.70. The molecule has 1 fully saturated rings. The van der Waals surface area contributed by atoms with Gasteiger partial charge in [-0.3, -0.25) is 0 Å². The third kappa shape index (κ3) is 1.78. The van der Waals surface area contributed by atoms with Crippen LogP contribution >= 0.6 is 0 Å². The highest BCUT2D eigenvalue weighted by Gasteiger charge is 2.24. The minimum atomic E-state index is -0.311. The number of hydrogen-bond donors (Lipinski definition) is 1. The number of para-hydroxylation sites is 1. The van der Waals surface area contributed by atoms with Crippen LogP contribution in [-0.2, 0) is 0 Å². The van der Waals surface area contributed by atoms with Gasteiger partial charge >= 0.3 is 0 Å². The minimum absolute atomic E-state index is 0.290. The van der Waals surface area contributed by atoms with Crippen LogP contribution in [0.15, 0.2) is 18.2 Å². The summed E-state index contributed by atoms with van der Waals surface area (Å²) in [5.41, 5.74) is 6.91. The molecule has 0 aromatic heterocycles. The largest absolute Gasteiger partial charge is 0.395 e. The molecule has 0 amide bonds. The molecule has 0 bridgehead atoms. The van der Waals surface area contributed by atoms with Gasteiger partial charge in [0.1, 0.15) is 5.82 Å². The van der Waals surface area contributed by atoms with E-state index in [4.69, 9.17) is 5.73 Å². The Balaban J connectivity index is 2.32. The smallest absolute Gasteiger partial charge is 0.148 e. The van der Waals surface area contributed by atoms with E-state index in [1.54, 1.807) is 6.07 Å². The zero-order chi connectivity index (χ0) is 10.8. The van der Waals surface area contributed by atoms with Crippen LogP contribution in [0.5, 0.6) is 0 Å². The lowest BCUT2D eigenvalue weighted by molar-refractivity contribution is 0.624. The van der Waals surface area contributed by atoms with Crippen molar-refractivity contribution in [2.45, 2.75) is 32.2 Å². The normalized spacial score (nSPS) is 20.9. The van der Waals surface area contributed by atoms with Gasteiger partial charge in [-0.1, -0.05) is 13.0 Å². The second-order valence-electron chi connectivity index (χ2n) is 4.07. The van der Waals surface area contributed by atoms with Crippen molar-refractivity contribution in [3.63, 3.8) is 0 Å². The molecule has 2 nitrogen and oxygen atoms in total. The summed E-state index contributed by atoms with van der Waals surface area (Å²) in [5, 5.41) is 0. The fraction of sp³-hybridized carbons (Fsp3) is 0.500. The van der Waals surface area contributed by atoms with E-state index in [1.807, 2.05) is 6.07 Å². The summed E-state index contributed by atoms with van der Waals surface area (Å²) in [5.74, 6) is -0.311. The monoisotopic (exact) mass is 208 g/mol. The fourth-order valence-corrected chi connectivity index (χ4v) is 2.35. The fourth-order valence-electron chi connectivity index (χ4n) is 2.35. The zero-order valence-corrected chi connectivity index (χ0v) is 9.04. The lowest BCUT2D eigenvalue weighted by Crippen LogP contribution is -2.29. The molecule has 1 unspecified atom stereocenters. The molecule has 2 N–H and O–H groups in total. The van der Waals surface area contributed by atoms with Crippen molar-refractivity contribution < 1.29 is 4.39 Å². The molecule has 1 aliphatic rings. The van der Waals surface area contributed by atoms with Crippen molar-refractivity contribution in [1.82, 2.24) is 0 Å². The maximum Gasteiger partial charge on any atom is 0.148 e. The summed E-state index contributed by atoms with van der Waals surface area (Å²) in [6, 6.07) is 5.57. The second-order valence-corrected chi connectivity index (χ2v) is 4.07. The quantitative estimate of drug-likeness (QED) is 0.757. The van der Waals surface area contributed by atoms with Crippen molar-refractivity contribution in [1.29, 1.82) is 0 Å². The van der Waals surface area contributed by atoms with Crippen LogP contribution < -0.4 is 10.6 Å². The van der Waals surface area contributed by atoms with Crippen LogP contribution in [0.25, 0.3) is 0 Å². The Kier molecular flexibility index (Phi) is 2.80. The van der Waals surface area contributed by atoms with E-state index in [0.29, 0.717) is 6.04 Å². The van der Waals surface area contributed by atoms with Gasteiger partial charge in [0.05, 0.1) is 11.4 Å². The molecular formula is C12H17FN2. The van der Waals surface area contributed by atoms with Crippen molar-refractivity contribution in [3.8, 4) is 0 Å². The summed E-state index contributed by atoms with van der Waals surface area (Å²) in [6.07, 6.45) is 3.46. The van der Waals surface area contributed by atoms with Crippen LogP contribution in [0.2, 0.25) is 0 Å². The Morgan fingerprint density at radius 3 is 3.07 bits per heavy atom. The maximum absolute atomic E-state index is 13.3. The number of hydrogen-bond acceptors (Lipinski definition) is 2. The molecule has 82 valence electrons. The Morgan fingerprint density at radius 2 is 2.33 bits per heavy atom.